The molecule has 1 N–H and O–H groups in total. The monoisotopic (exact) mass is 537 g/mol. The standard InChI is InChI=1S/C29H35N3O5S/c1-18-27(38-19(2)30-18)29(34)32(22-15-24(36-4)17-25(16-22)37-5)26(20-11-13-23(35-3)14-12-20)28(33)31-21-9-7-6-8-10-21/h11-17,21,26H,6-10H2,1-5H3,(H,31,33). The lowest BCUT2D eigenvalue weighted by Crippen LogP contribution is -2.47. The summed E-state index contributed by atoms with van der Waals surface area (Å²) in [6, 6.07) is 11.6. The molecule has 1 heterocycles. The maximum atomic E-state index is 14.3. The fourth-order valence-electron chi connectivity index (χ4n) is 4.89. The lowest BCUT2D eigenvalue weighted by molar-refractivity contribution is -0.123. The van der Waals surface area contributed by atoms with Gasteiger partial charge in [-0.25, -0.2) is 4.98 Å². The minimum Gasteiger partial charge on any atom is -0.497 e. The lowest BCUT2D eigenvalue weighted by Gasteiger charge is -2.33. The van der Waals surface area contributed by atoms with E-state index >= 15 is 0 Å². The summed E-state index contributed by atoms with van der Waals surface area (Å²) < 4.78 is 16.4. The molecule has 0 bridgehead atoms. The van der Waals surface area contributed by atoms with E-state index < -0.39 is 6.04 Å². The Morgan fingerprint density at radius 2 is 1.53 bits per heavy atom. The third-order valence-corrected chi connectivity index (χ3v) is 7.88. The van der Waals surface area contributed by atoms with Crippen LogP contribution in [0.3, 0.4) is 0 Å². The summed E-state index contributed by atoms with van der Waals surface area (Å²) in [7, 11) is 4.70. The van der Waals surface area contributed by atoms with E-state index in [1.165, 1.54) is 22.7 Å². The van der Waals surface area contributed by atoms with E-state index in [9.17, 15) is 9.59 Å². The van der Waals surface area contributed by atoms with Crippen LogP contribution in [0, 0.1) is 13.8 Å². The summed E-state index contributed by atoms with van der Waals surface area (Å²) >= 11 is 1.31. The molecule has 0 saturated heterocycles. The van der Waals surface area contributed by atoms with Crippen LogP contribution < -0.4 is 24.4 Å². The van der Waals surface area contributed by atoms with Crippen LogP contribution in [0.25, 0.3) is 0 Å². The SMILES string of the molecule is COc1ccc(C(C(=O)NC2CCCCC2)N(C(=O)c2sc(C)nc2C)c2cc(OC)cc(OC)c2)cc1. The van der Waals surface area contributed by atoms with Crippen LogP contribution in [0.4, 0.5) is 5.69 Å². The summed E-state index contributed by atoms with van der Waals surface area (Å²) in [4.78, 5) is 34.9. The largest absolute Gasteiger partial charge is 0.497 e. The minimum absolute atomic E-state index is 0.0705. The van der Waals surface area contributed by atoms with Gasteiger partial charge in [-0.05, 0) is 44.4 Å². The molecule has 0 spiro atoms. The summed E-state index contributed by atoms with van der Waals surface area (Å²) in [6.07, 6.45) is 5.18. The summed E-state index contributed by atoms with van der Waals surface area (Å²) in [5.41, 5.74) is 1.77. The van der Waals surface area contributed by atoms with E-state index in [4.69, 9.17) is 14.2 Å². The first-order chi connectivity index (χ1) is 18.3. The molecule has 8 nitrogen and oxygen atoms in total. The summed E-state index contributed by atoms with van der Waals surface area (Å²) in [6.45, 7) is 3.68. The molecule has 38 heavy (non-hydrogen) atoms. The average molecular weight is 538 g/mol. The van der Waals surface area contributed by atoms with Crippen molar-refractivity contribution in [2.24, 2.45) is 0 Å². The van der Waals surface area contributed by atoms with E-state index in [-0.39, 0.29) is 17.9 Å². The van der Waals surface area contributed by atoms with Gasteiger partial charge in [-0.15, -0.1) is 11.3 Å². The maximum absolute atomic E-state index is 14.3. The number of hydrogen-bond acceptors (Lipinski definition) is 7. The fraction of sp³-hybridized carbons (Fsp3) is 0.414. The van der Waals surface area contributed by atoms with Gasteiger partial charge in [-0.2, -0.15) is 0 Å². The van der Waals surface area contributed by atoms with Crippen LogP contribution in [0.5, 0.6) is 17.2 Å². The van der Waals surface area contributed by atoms with Gasteiger partial charge in [0.25, 0.3) is 5.91 Å². The Hall–Kier alpha value is -3.59. The Morgan fingerprint density at radius 1 is 0.921 bits per heavy atom. The predicted molar refractivity (Wildman–Crippen MR) is 149 cm³/mol. The minimum atomic E-state index is -0.950. The molecule has 0 aliphatic heterocycles. The van der Waals surface area contributed by atoms with Gasteiger partial charge >= 0.3 is 0 Å². The third kappa shape index (κ3) is 6.10. The van der Waals surface area contributed by atoms with Crippen molar-refractivity contribution in [2.75, 3.05) is 26.2 Å². The number of nitrogens with zero attached hydrogens (tertiary/aromatic N) is 2. The molecule has 4 rings (SSSR count). The average Bonchev–Trinajstić information content (AvgIpc) is 3.29. The molecule has 1 saturated carbocycles. The first-order valence-electron chi connectivity index (χ1n) is 12.8. The van der Waals surface area contributed by atoms with Gasteiger partial charge in [0.2, 0.25) is 5.91 Å². The van der Waals surface area contributed by atoms with E-state index in [0.29, 0.717) is 39.1 Å². The van der Waals surface area contributed by atoms with Gasteiger partial charge in [0, 0.05) is 24.2 Å². The van der Waals surface area contributed by atoms with E-state index in [1.807, 2.05) is 26.0 Å². The highest BCUT2D eigenvalue weighted by Crippen LogP contribution is 2.37. The molecule has 202 valence electrons. The number of methoxy groups -OCH3 is 3. The number of amides is 2. The molecule has 1 fully saturated rings. The number of carbonyl (C=O) groups is 2. The Kier molecular flexibility index (Phi) is 8.89. The molecular formula is C29H35N3O5S. The first-order valence-corrected chi connectivity index (χ1v) is 13.6. The van der Waals surface area contributed by atoms with Gasteiger partial charge in [-0.1, -0.05) is 31.4 Å². The molecule has 9 heteroatoms. The zero-order valence-electron chi connectivity index (χ0n) is 22.6. The van der Waals surface area contributed by atoms with Crippen LogP contribution in [0.2, 0.25) is 0 Å². The lowest BCUT2D eigenvalue weighted by atomic mass is 9.94. The highest BCUT2D eigenvalue weighted by molar-refractivity contribution is 7.13. The number of thiazole rings is 1. The van der Waals surface area contributed by atoms with Crippen molar-refractivity contribution >= 4 is 28.8 Å². The smallest absolute Gasteiger partial charge is 0.271 e. The topological polar surface area (TPSA) is 90.0 Å². The second-order valence-corrected chi connectivity index (χ2v) is 10.6. The summed E-state index contributed by atoms with van der Waals surface area (Å²) in [5.74, 6) is 1.13. The maximum Gasteiger partial charge on any atom is 0.271 e. The molecule has 3 aromatic rings. The second-order valence-electron chi connectivity index (χ2n) is 9.41. The molecule has 1 aliphatic rings. The van der Waals surface area contributed by atoms with E-state index in [0.717, 1.165) is 30.7 Å². The molecule has 1 unspecified atom stereocenters. The molecule has 0 radical (unpaired) electrons. The van der Waals surface area contributed by atoms with Crippen molar-refractivity contribution in [3.63, 3.8) is 0 Å². The second kappa shape index (κ2) is 12.3. The van der Waals surface area contributed by atoms with E-state index in [2.05, 4.69) is 10.3 Å². The molecule has 2 aromatic carbocycles. The number of rotatable bonds is 9. The number of carbonyl (C=O) groups excluding carboxylic acids is 2. The number of aryl methyl sites for hydroxylation is 2. The highest BCUT2D eigenvalue weighted by atomic mass is 32.1. The van der Waals surface area contributed by atoms with Crippen molar-refractivity contribution in [3.05, 3.63) is 63.6 Å². The zero-order chi connectivity index (χ0) is 27.2. The van der Waals surface area contributed by atoms with Gasteiger partial charge in [-0.3, -0.25) is 14.5 Å². The fourth-order valence-corrected chi connectivity index (χ4v) is 5.74. The first kappa shape index (κ1) is 27.4. The molecule has 1 aromatic heterocycles. The van der Waals surface area contributed by atoms with Crippen molar-refractivity contribution in [1.82, 2.24) is 10.3 Å². The normalized spacial score (nSPS) is 14.4. The van der Waals surface area contributed by atoms with Crippen LogP contribution in [0.15, 0.2) is 42.5 Å². The van der Waals surface area contributed by atoms with E-state index in [1.54, 1.807) is 51.7 Å². The molecule has 1 aliphatic carbocycles. The van der Waals surface area contributed by atoms with Crippen molar-refractivity contribution < 1.29 is 23.8 Å². The van der Waals surface area contributed by atoms with Crippen LogP contribution in [0.1, 0.15) is 64.1 Å². The Morgan fingerprint density at radius 3 is 2.05 bits per heavy atom. The number of nitrogens with one attached hydrogen (secondary N) is 1. The zero-order valence-corrected chi connectivity index (χ0v) is 23.4. The van der Waals surface area contributed by atoms with Crippen LogP contribution >= 0.6 is 11.3 Å². The predicted octanol–water partition coefficient (Wildman–Crippen LogP) is 5.62. The van der Waals surface area contributed by atoms with Crippen molar-refractivity contribution in [1.29, 1.82) is 0 Å². The number of ether oxygens (including phenoxy) is 3. The van der Waals surface area contributed by atoms with Gasteiger partial charge < -0.3 is 19.5 Å². The number of aromatic nitrogens is 1. The van der Waals surface area contributed by atoms with Crippen molar-refractivity contribution in [2.45, 2.75) is 58.0 Å². The molecule has 2 amide bonds. The van der Waals surface area contributed by atoms with Gasteiger partial charge in [0.1, 0.15) is 28.2 Å². The van der Waals surface area contributed by atoms with Gasteiger partial charge in [0.05, 0.1) is 37.7 Å². The Labute approximate surface area is 227 Å². The third-order valence-electron chi connectivity index (χ3n) is 6.82. The Balaban J connectivity index is 1.88. The number of hydrogen-bond donors (Lipinski definition) is 1. The molecule has 1 atom stereocenters. The summed E-state index contributed by atoms with van der Waals surface area (Å²) in [5, 5.41) is 4.02. The molecular weight excluding hydrogens is 502 g/mol. The van der Waals surface area contributed by atoms with Gasteiger partial charge in [0.15, 0.2) is 0 Å². The quantitative estimate of drug-likeness (QED) is 0.381. The van der Waals surface area contributed by atoms with Crippen LogP contribution in [-0.4, -0.2) is 44.2 Å². The number of anilines is 1. The Bertz CT molecular complexity index is 1250. The number of benzene rings is 2. The highest BCUT2D eigenvalue weighted by Gasteiger charge is 2.36. The van der Waals surface area contributed by atoms with Crippen LogP contribution in [-0.2, 0) is 4.79 Å². The van der Waals surface area contributed by atoms with Crippen molar-refractivity contribution in [3.8, 4) is 17.2 Å².